The number of hydrogen-bond acceptors (Lipinski definition) is 4. The van der Waals surface area contributed by atoms with Crippen LogP contribution in [-0.4, -0.2) is 46.1 Å². The maximum atomic E-state index is 12.5. The third kappa shape index (κ3) is 46.3. The molecular weight excluding hydrogens is 763 g/mol. The van der Waals surface area contributed by atoms with Crippen LogP contribution in [0.15, 0.2) is 48.6 Å². The molecule has 0 saturated carbocycles. The fourth-order valence-electron chi connectivity index (χ4n) is 8.35. The number of unbranched alkanes of at least 4 members (excludes halogenated alkanes) is 36. The van der Waals surface area contributed by atoms with Gasteiger partial charge in [0.25, 0.3) is 0 Å². The Balaban J connectivity index is 3.64. The lowest BCUT2D eigenvalue weighted by Gasteiger charge is -2.21. The highest BCUT2D eigenvalue weighted by Crippen LogP contribution is 2.16. The molecule has 1 amide bonds. The van der Waals surface area contributed by atoms with Crippen LogP contribution in [-0.2, 0) is 4.79 Å². The van der Waals surface area contributed by atoms with E-state index in [2.05, 4.69) is 55.6 Å². The first-order valence-corrected chi connectivity index (χ1v) is 27.5. The van der Waals surface area contributed by atoms with Crippen molar-refractivity contribution in [3.05, 3.63) is 48.6 Å². The van der Waals surface area contributed by atoms with Gasteiger partial charge in [-0.3, -0.25) is 4.79 Å². The van der Waals surface area contributed by atoms with Crippen molar-refractivity contribution in [1.29, 1.82) is 0 Å². The highest BCUT2D eigenvalue weighted by molar-refractivity contribution is 5.80. The maximum absolute atomic E-state index is 12.5. The summed E-state index contributed by atoms with van der Waals surface area (Å²) in [6, 6.07) is -0.818. The number of aliphatic hydroxyl groups is 3. The molecule has 0 aliphatic carbocycles. The highest BCUT2D eigenvalue weighted by Gasteiger charge is 2.22. The van der Waals surface area contributed by atoms with E-state index in [0.717, 1.165) is 44.9 Å². The second kappa shape index (κ2) is 51.9. The first kappa shape index (κ1) is 60.3. The lowest BCUT2D eigenvalue weighted by Crippen LogP contribution is -2.48. The molecule has 0 fully saturated rings. The molecule has 62 heavy (non-hydrogen) atoms. The standard InChI is InChI=1S/C57H107NO4/c1-3-5-7-9-11-13-15-17-19-21-23-25-27-28-29-30-32-34-36-38-40-42-44-46-48-50-52-56(61)57(62)58-54(53-59)55(60)51-49-47-45-43-41-39-37-35-33-31-26-24-22-20-18-16-14-12-10-8-6-4-2/h23,25,28-29,41,43,49,51,54-56,59-61H,3-22,24,26-27,30-40,42,44-48,50,52-53H2,1-2H3,(H,58,62)/b25-23-,29-28-,43-41+,51-49+. The number of nitrogens with one attached hydrogen (secondary N) is 1. The molecule has 3 unspecified atom stereocenters. The molecule has 364 valence electrons. The number of rotatable bonds is 50. The van der Waals surface area contributed by atoms with E-state index in [4.69, 9.17) is 0 Å². The predicted molar refractivity (Wildman–Crippen MR) is 273 cm³/mol. The Labute approximate surface area is 387 Å². The van der Waals surface area contributed by atoms with E-state index in [0.29, 0.717) is 6.42 Å². The van der Waals surface area contributed by atoms with Crippen LogP contribution < -0.4 is 5.32 Å². The first-order chi connectivity index (χ1) is 30.6. The zero-order valence-electron chi connectivity index (χ0n) is 41.5. The van der Waals surface area contributed by atoms with E-state index >= 15 is 0 Å². The van der Waals surface area contributed by atoms with E-state index in [1.807, 2.05) is 6.08 Å². The normalized spacial score (nSPS) is 13.7. The van der Waals surface area contributed by atoms with Crippen LogP contribution in [0.2, 0.25) is 0 Å². The van der Waals surface area contributed by atoms with Crippen molar-refractivity contribution in [2.75, 3.05) is 6.61 Å². The van der Waals surface area contributed by atoms with Crippen molar-refractivity contribution < 1.29 is 20.1 Å². The molecule has 0 saturated heterocycles. The minimum absolute atomic E-state index is 0.377. The van der Waals surface area contributed by atoms with Crippen molar-refractivity contribution in [2.45, 2.75) is 302 Å². The van der Waals surface area contributed by atoms with Gasteiger partial charge in [0.15, 0.2) is 0 Å². The molecule has 5 heteroatoms. The minimum atomic E-state index is -1.11. The van der Waals surface area contributed by atoms with Crippen molar-refractivity contribution in [3.63, 3.8) is 0 Å². The van der Waals surface area contributed by atoms with Gasteiger partial charge >= 0.3 is 0 Å². The second-order valence-corrected chi connectivity index (χ2v) is 18.8. The average Bonchev–Trinajstić information content (AvgIpc) is 3.28. The quantitative estimate of drug-likeness (QED) is 0.0362. The number of hydrogen-bond donors (Lipinski definition) is 4. The molecule has 0 aromatic carbocycles. The molecule has 0 aromatic heterocycles. The Bertz CT molecular complexity index is 1000. The molecule has 5 nitrogen and oxygen atoms in total. The van der Waals surface area contributed by atoms with Crippen molar-refractivity contribution in [3.8, 4) is 0 Å². The Kier molecular flexibility index (Phi) is 50.5. The van der Waals surface area contributed by atoms with Gasteiger partial charge in [-0.05, 0) is 64.2 Å². The molecule has 0 bridgehead atoms. The molecule has 0 heterocycles. The monoisotopic (exact) mass is 870 g/mol. The summed E-state index contributed by atoms with van der Waals surface area (Å²) in [4.78, 5) is 12.5. The van der Waals surface area contributed by atoms with E-state index in [9.17, 15) is 20.1 Å². The highest BCUT2D eigenvalue weighted by atomic mass is 16.3. The summed E-state index contributed by atoms with van der Waals surface area (Å²) in [5, 5.41) is 33.3. The predicted octanol–water partition coefficient (Wildman–Crippen LogP) is 16.8. The van der Waals surface area contributed by atoms with Gasteiger partial charge < -0.3 is 20.6 Å². The van der Waals surface area contributed by atoms with Crippen LogP contribution in [0.1, 0.15) is 284 Å². The number of carbonyl (C=O) groups excluding carboxylic acids is 1. The summed E-state index contributed by atoms with van der Waals surface area (Å²) in [6.07, 6.45) is 68.9. The van der Waals surface area contributed by atoms with Gasteiger partial charge in [0.1, 0.15) is 6.10 Å². The third-order valence-electron chi connectivity index (χ3n) is 12.6. The number of carbonyl (C=O) groups is 1. The van der Waals surface area contributed by atoms with E-state index < -0.39 is 24.2 Å². The summed E-state index contributed by atoms with van der Waals surface area (Å²) in [5.41, 5.74) is 0. The maximum Gasteiger partial charge on any atom is 0.249 e. The zero-order chi connectivity index (χ0) is 45.1. The zero-order valence-corrected chi connectivity index (χ0v) is 41.5. The van der Waals surface area contributed by atoms with Crippen LogP contribution in [0.4, 0.5) is 0 Å². The lowest BCUT2D eigenvalue weighted by molar-refractivity contribution is -0.131. The number of allylic oxidation sites excluding steroid dienone is 7. The molecule has 4 N–H and O–H groups in total. The van der Waals surface area contributed by atoms with Crippen molar-refractivity contribution in [1.82, 2.24) is 5.32 Å². The van der Waals surface area contributed by atoms with Crippen molar-refractivity contribution in [2.24, 2.45) is 0 Å². The molecular formula is C57H107NO4. The van der Waals surface area contributed by atoms with Crippen molar-refractivity contribution >= 4 is 5.91 Å². The molecule has 0 spiro atoms. The second-order valence-electron chi connectivity index (χ2n) is 18.8. The van der Waals surface area contributed by atoms with Crippen LogP contribution in [0.3, 0.4) is 0 Å². The van der Waals surface area contributed by atoms with Gasteiger partial charge in [0.2, 0.25) is 5.91 Å². The molecule has 0 aliphatic rings. The average molecular weight is 870 g/mol. The number of aliphatic hydroxyl groups excluding tert-OH is 3. The van der Waals surface area contributed by atoms with Gasteiger partial charge in [-0.15, -0.1) is 0 Å². The molecule has 0 rings (SSSR count). The molecule has 0 aromatic rings. The van der Waals surface area contributed by atoms with Gasteiger partial charge in [-0.1, -0.05) is 268 Å². The third-order valence-corrected chi connectivity index (χ3v) is 12.6. The smallest absolute Gasteiger partial charge is 0.249 e. The van der Waals surface area contributed by atoms with Crippen LogP contribution in [0.5, 0.6) is 0 Å². The van der Waals surface area contributed by atoms with Crippen LogP contribution >= 0.6 is 0 Å². The van der Waals surface area contributed by atoms with Crippen LogP contribution in [0, 0.1) is 0 Å². The number of amides is 1. The summed E-state index contributed by atoms with van der Waals surface area (Å²) in [7, 11) is 0. The lowest BCUT2D eigenvalue weighted by atomic mass is 10.0. The topological polar surface area (TPSA) is 89.8 Å². The summed E-state index contributed by atoms with van der Waals surface area (Å²) >= 11 is 0. The van der Waals surface area contributed by atoms with Gasteiger partial charge in [0.05, 0.1) is 18.8 Å². The molecule has 3 atom stereocenters. The van der Waals surface area contributed by atoms with Crippen LogP contribution in [0.25, 0.3) is 0 Å². The van der Waals surface area contributed by atoms with E-state index in [1.54, 1.807) is 6.08 Å². The minimum Gasteiger partial charge on any atom is -0.394 e. The summed E-state index contributed by atoms with van der Waals surface area (Å²) in [5.74, 6) is -0.513. The fraction of sp³-hybridized carbons (Fsp3) is 0.842. The SMILES string of the molecule is CCCCCCCCCCC/C=C\C/C=C\CCCCCCCCCCCCC(O)C(=O)NC(CO)C(O)/C=C/CC/C=C/CCCCCCCCCCCCCCCCCC. The Morgan fingerprint density at radius 1 is 0.403 bits per heavy atom. The largest absolute Gasteiger partial charge is 0.394 e. The fourth-order valence-corrected chi connectivity index (χ4v) is 8.35. The van der Waals surface area contributed by atoms with Gasteiger partial charge in [-0.2, -0.15) is 0 Å². The van der Waals surface area contributed by atoms with E-state index in [1.165, 1.54) is 218 Å². The van der Waals surface area contributed by atoms with E-state index in [-0.39, 0.29) is 6.61 Å². The Morgan fingerprint density at radius 2 is 0.710 bits per heavy atom. The van der Waals surface area contributed by atoms with Gasteiger partial charge in [-0.25, -0.2) is 0 Å². The first-order valence-electron chi connectivity index (χ1n) is 27.5. The molecule has 0 aliphatic heterocycles. The Hall–Kier alpha value is -1.69. The summed E-state index contributed by atoms with van der Waals surface area (Å²) < 4.78 is 0. The molecule has 0 radical (unpaired) electrons. The Morgan fingerprint density at radius 3 is 1.08 bits per heavy atom. The van der Waals surface area contributed by atoms with Gasteiger partial charge in [0, 0.05) is 0 Å². The summed E-state index contributed by atoms with van der Waals surface area (Å²) in [6.45, 7) is 4.19.